The molecule has 0 radical (unpaired) electrons. The fourth-order valence-electron chi connectivity index (χ4n) is 3.67. The number of para-hydroxylation sites is 1. The summed E-state index contributed by atoms with van der Waals surface area (Å²) in [5, 5.41) is 7.35. The summed E-state index contributed by atoms with van der Waals surface area (Å²) < 4.78 is 0. The lowest BCUT2D eigenvalue weighted by Gasteiger charge is -2.35. The molecular formula is C17H26N2. The summed E-state index contributed by atoms with van der Waals surface area (Å²) in [4.78, 5) is 0. The predicted molar refractivity (Wildman–Crippen MR) is 81.8 cm³/mol. The molecule has 0 spiro atoms. The average Bonchev–Trinajstić information content (AvgIpc) is 2.83. The monoisotopic (exact) mass is 258 g/mol. The lowest BCUT2D eigenvalue weighted by molar-refractivity contribution is 0.252. The molecule has 1 aromatic carbocycles. The number of benzene rings is 1. The summed E-state index contributed by atoms with van der Waals surface area (Å²) >= 11 is 0. The van der Waals surface area contributed by atoms with E-state index in [1.807, 2.05) is 0 Å². The number of rotatable bonds is 4. The highest BCUT2D eigenvalue weighted by atomic mass is 15.0. The first kappa shape index (κ1) is 13.0. The van der Waals surface area contributed by atoms with Crippen LogP contribution in [0.5, 0.6) is 0 Å². The summed E-state index contributed by atoms with van der Waals surface area (Å²) in [6, 6.07) is 8.76. The third-order valence-corrected chi connectivity index (χ3v) is 4.94. The zero-order valence-corrected chi connectivity index (χ0v) is 12.0. The lowest BCUT2D eigenvalue weighted by atomic mass is 9.83. The van der Waals surface area contributed by atoms with Crippen molar-refractivity contribution in [3.05, 3.63) is 29.8 Å². The summed E-state index contributed by atoms with van der Waals surface area (Å²) in [6.07, 6.45) is 8.18. The molecule has 2 N–H and O–H groups in total. The molecule has 2 aliphatic rings. The SMILES string of the molecule is CC1(NCCC2CNc3ccccc32)CCCCC1. The van der Waals surface area contributed by atoms with Crippen LogP contribution in [0.2, 0.25) is 0 Å². The Morgan fingerprint density at radius 3 is 2.84 bits per heavy atom. The molecular weight excluding hydrogens is 232 g/mol. The highest BCUT2D eigenvalue weighted by Gasteiger charge is 2.27. The van der Waals surface area contributed by atoms with Crippen molar-refractivity contribution in [2.24, 2.45) is 0 Å². The summed E-state index contributed by atoms with van der Waals surface area (Å²) in [5.74, 6) is 0.691. The second kappa shape index (κ2) is 5.54. The quantitative estimate of drug-likeness (QED) is 0.856. The van der Waals surface area contributed by atoms with Gasteiger partial charge in [0.05, 0.1) is 0 Å². The molecule has 0 saturated heterocycles. The van der Waals surface area contributed by atoms with E-state index in [0.717, 1.165) is 13.1 Å². The third kappa shape index (κ3) is 2.94. The number of fused-ring (bicyclic) bond motifs is 1. The Labute approximate surface area is 117 Å². The number of anilines is 1. The van der Waals surface area contributed by atoms with Crippen molar-refractivity contribution >= 4 is 5.69 Å². The van der Waals surface area contributed by atoms with Crippen LogP contribution in [0.1, 0.15) is 56.9 Å². The largest absolute Gasteiger partial charge is 0.384 e. The van der Waals surface area contributed by atoms with Crippen molar-refractivity contribution in [3.8, 4) is 0 Å². The van der Waals surface area contributed by atoms with E-state index in [2.05, 4.69) is 41.8 Å². The normalized spacial score (nSPS) is 24.8. The van der Waals surface area contributed by atoms with Crippen LogP contribution in [0.3, 0.4) is 0 Å². The molecule has 0 amide bonds. The standard InChI is InChI=1S/C17H26N2/c1-17(10-5-2-6-11-17)19-12-9-14-13-18-16-8-4-3-7-15(14)16/h3-4,7-8,14,18-19H,2,5-6,9-13H2,1H3. The fraction of sp³-hybridized carbons (Fsp3) is 0.647. The van der Waals surface area contributed by atoms with Gasteiger partial charge in [-0.25, -0.2) is 0 Å². The summed E-state index contributed by atoms with van der Waals surface area (Å²) in [6.45, 7) is 4.67. The molecule has 1 heterocycles. The van der Waals surface area contributed by atoms with E-state index in [9.17, 15) is 0 Å². The van der Waals surface area contributed by atoms with E-state index in [-0.39, 0.29) is 0 Å². The fourth-order valence-corrected chi connectivity index (χ4v) is 3.67. The van der Waals surface area contributed by atoms with Crippen molar-refractivity contribution in [2.75, 3.05) is 18.4 Å². The van der Waals surface area contributed by atoms with Crippen molar-refractivity contribution in [1.29, 1.82) is 0 Å². The Morgan fingerprint density at radius 2 is 2.00 bits per heavy atom. The summed E-state index contributed by atoms with van der Waals surface area (Å²) in [7, 11) is 0. The zero-order chi connectivity index (χ0) is 13.1. The maximum absolute atomic E-state index is 3.83. The van der Waals surface area contributed by atoms with Crippen molar-refractivity contribution in [1.82, 2.24) is 5.32 Å². The maximum atomic E-state index is 3.83. The molecule has 0 bridgehead atoms. The predicted octanol–water partition coefficient (Wildman–Crippen LogP) is 3.90. The van der Waals surface area contributed by atoms with Gasteiger partial charge in [0.1, 0.15) is 0 Å². The summed E-state index contributed by atoms with van der Waals surface area (Å²) in [5.41, 5.74) is 3.26. The van der Waals surface area contributed by atoms with Crippen LogP contribution in [-0.2, 0) is 0 Å². The first-order valence-corrected chi connectivity index (χ1v) is 7.85. The highest BCUT2D eigenvalue weighted by molar-refractivity contribution is 5.57. The van der Waals surface area contributed by atoms with Crippen molar-refractivity contribution < 1.29 is 0 Å². The van der Waals surface area contributed by atoms with Crippen LogP contribution in [-0.4, -0.2) is 18.6 Å². The molecule has 1 aliphatic heterocycles. The third-order valence-electron chi connectivity index (χ3n) is 4.94. The average molecular weight is 258 g/mol. The van der Waals surface area contributed by atoms with Crippen LogP contribution in [0.4, 0.5) is 5.69 Å². The first-order chi connectivity index (χ1) is 9.27. The molecule has 2 heteroatoms. The minimum absolute atomic E-state index is 0.407. The van der Waals surface area contributed by atoms with Gasteiger partial charge in [0, 0.05) is 23.7 Å². The van der Waals surface area contributed by atoms with E-state index >= 15 is 0 Å². The van der Waals surface area contributed by atoms with Gasteiger partial charge < -0.3 is 10.6 Å². The molecule has 1 saturated carbocycles. The van der Waals surface area contributed by atoms with Crippen LogP contribution in [0.25, 0.3) is 0 Å². The second-order valence-electron chi connectivity index (χ2n) is 6.50. The van der Waals surface area contributed by atoms with Crippen molar-refractivity contribution in [2.45, 2.75) is 56.9 Å². The molecule has 1 atom stereocenters. The van der Waals surface area contributed by atoms with E-state index in [0.29, 0.717) is 11.5 Å². The number of hydrogen-bond acceptors (Lipinski definition) is 2. The Balaban J connectivity index is 1.51. The van der Waals surface area contributed by atoms with Crippen molar-refractivity contribution in [3.63, 3.8) is 0 Å². The van der Waals surface area contributed by atoms with E-state index < -0.39 is 0 Å². The molecule has 0 aromatic heterocycles. The Bertz CT molecular complexity index is 421. The van der Waals surface area contributed by atoms with Gasteiger partial charge in [0.15, 0.2) is 0 Å². The van der Waals surface area contributed by atoms with Crippen LogP contribution in [0, 0.1) is 0 Å². The first-order valence-electron chi connectivity index (χ1n) is 7.85. The van der Waals surface area contributed by atoms with Gasteiger partial charge in [-0.05, 0) is 44.4 Å². The lowest BCUT2D eigenvalue weighted by Crippen LogP contribution is -2.44. The molecule has 3 rings (SSSR count). The number of hydrogen-bond donors (Lipinski definition) is 2. The second-order valence-corrected chi connectivity index (χ2v) is 6.50. The Hall–Kier alpha value is -1.02. The number of nitrogens with one attached hydrogen (secondary N) is 2. The minimum Gasteiger partial charge on any atom is -0.384 e. The van der Waals surface area contributed by atoms with Gasteiger partial charge in [0.2, 0.25) is 0 Å². The van der Waals surface area contributed by atoms with Crippen LogP contribution < -0.4 is 10.6 Å². The van der Waals surface area contributed by atoms with Gasteiger partial charge in [0.25, 0.3) is 0 Å². The van der Waals surface area contributed by atoms with Crippen LogP contribution >= 0.6 is 0 Å². The van der Waals surface area contributed by atoms with Gasteiger partial charge in [-0.1, -0.05) is 37.5 Å². The smallest absolute Gasteiger partial charge is 0.0376 e. The van der Waals surface area contributed by atoms with Gasteiger partial charge >= 0.3 is 0 Å². The molecule has 1 aromatic rings. The topological polar surface area (TPSA) is 24.1 Å². The molecule has 19 heavy (non-hydrogen) atoms. The maximum Gasteiger partial charge on any atom is 0.0376 e. The Kier molecular flexibility index (Phi) is 3.79. The Morgan fingerprint density at radius 1 is 1.21 bits per heavy atom. The van der Waals surface area contributed by atoms with E-state index in [1.54, 1.807) is 0 Å². The zero-order valence-electron chi connectivity index (χ0n) is 12.0. The molecule has 1 aliphatic carbocycles. The highest BCUT2D eigenvalue weighted by Crippen LogP contribution is 2.33. The molecule has 1 fully saturated rings. The molecule has 2 nitrogen and oxygen atoms in total. The van der Waals surface area contributed by atoms with Gasteiger partial charge in [-0.3, -0.25) is 0 Å². The van der Waals surface area contributed by atoms with Crippen LogP contribution in [0.15, 0.2) is 24.3 Å². The molecule has 104 valence electrons. The minimum atomic E-state index is 0.407. The molecule has 1 unspecified atom stereocenters. The van der Waals surface area contributed by atoms with Gasteiger partial charge in [-0.2, -0.15) is 0 Å². The van der Waals surface area contributed by atoms with Gasteiger partial charge in [-0.15, -0.1) is 0 Å². The van der Waals surface area contributed by atoms with E-state index in [4.69, 9.17) is 0 Å². The van der Waals surface area contributed by atoms with E-state index in [1.165, 1.54) is 49.8 Å².